The molecule has 0 heterocycles. The molecule has 2 aromatic rings. The molecule has 0 saturated heterocycles. The van der Waals surface area contributed by atoms with Crippen molar-refractivity contribution in [1.29, 1.82) is 5.41 Å². The third-order valence-corrected chi connectivity index (χ3v) is 3.61. The number of nitrogen functional groups attached to an aromatic ring is 1. The summed E-state index contributed by atoms with van der Waals surface area (Å²) in [6, 6.07) is 16.2. The van der Waals surface area contributed by atoms with E-state index in [1.807, 2.05) is 24.3 Å². The van der Waals surface area contributed by atoms with E-state index in [2.05, 4.69) is 52.1 Å². The molecule has 20 heavy (non-hydrogen) atoms. The zero-order valence-corrected chi connectivity index (χ0v) is 13.0. The van der Waals surface area contributed by atoms with Crippen molar-refractivity contribution < 1.29 is 0 Å². The van der Waals surface area contributed by atoms with E-state index < -0.39 is 0 Å². The van der Waals surface area contributed by atoms with E-state index in [0.717, 1.165) is 23.1 Å². The van der Waals surface area contributed by atoms with Gasteiger partial charge < -0.3 is 5.73 Å². The minimum absolute atomic E-state index is 0.111. The van der Waals surface area contributed by atoms with Crippen molar-refractivity contribution in [1.82, 2.24) is 4.90 Å². The first-order chi connectivity index (χ1) is 9.54. The Bertz CT molecular complexity index is 576. The lowest BCUT2D eigenvalue weighted by molar-refractivity contribution is 0.319. The lowest BCUT2D eigenvalue weighted by atomic mass is 10.1. The Hall–Kier alpha value is -1.65. The third-order valence-electron chi connectivity index (χ3n) is 3.08. The molecule has 0 atom stereocenters. The summed E-state index contributed by atoms with van der Waals surface area (Å²) in [4.78, 5) is 2.26. The third kappa shape index (κ3) is 4.18. The molecule has 0 fully saturated rings. The number of halogens is 1. The van der Waals surface area contributed by atoms with E-state index >= 15 is 0 Å². The number of hydrogen-bond donors (Lipinski definition) is 2. The Kier molecular flexibility index (Phi) is 4.93. The van der Waals surface area contributed by atoms with Crippen LogP contribution in [0.15, 0.2) is 53.0 Å². The zero-order chi connectivity index (χ0) is 14.5. The van der Waals surface area contributed by atoms with Crippen LogP contribution < -0.4 is 5.73 Å². The van der Waals surface area contributed by atoms with Gasteiger partial charge in [-0.15, -0.1) is 0 Å². The minimum Gasteiger partial charge on any atom is -0.384 e. The largest absolute Gasteiger partial charge is 0.384 e. The predicted molar refractivity (Wildman–Crippen MR) is 86.8 cm³/mol. The predicted octanol–water partition coefficient (Wildman–Crippen LogP) is 3.37. The fourth-order valence-electron chi connectivity index (χ4n) is 2.06. The molecule has 0 aliphatic heterocycles. The van der Waals surface area contributed by atoms with Gasteiger partial charge in [-0.3, -0.25) is 10.3 Å². The van der Waals surface area contributed by atoms with Gasteiger partial charge >= 0.3 is 0 Å². The molecule has 4 heteroatoms. The van der Waals surface area contributed by atoms with Crippen LogP contribution in [0.4, 0.5) is 0 Å². The molecule has 3 nitrogen and oxygen atoms in total. The number of amidine groups is 1. The number of nitrogens with zero attached hydrogens (tertiary/aromatic N) is 1. The van der Waals surface area contributed by atoms with Gasteiger partial charge in [0.1, 0.15) is 5.84 Å². The fraction of sp³-hybridized carbons (Fsp3) is 0.188. The maximum atomic E-state index is 7.38. The number of rotatable bonds is 5. The molecule has 0 unspecified atom stereocenters. The summed E-state index contributed by atoms with van der Waals surface area (Å²) in [5.74, 6) is 0.111. The van der Waals surface area contributed by atoms with Gasteiger partial charge in [0.05, 0.1) is 0 Å². The van der Waals surface area contributed by atoms with Gasteiger partial charge in [-0.1, -0.05) is 52.3 Å². The van der Waals surface area contributed by atoms with Crippen LogP contribution in [0.2, 0.25) is 0 Å². The van der Waals surface area contributed by atoms with E-state index in [4.69, 9.17) is 11.1 Å². The average Bonchev–Trinajstić information content (AvgIpc) is 2.42. The summed E-state index contributed by atoms with van der Waals surface area (Å²) in [5, 5.41) is 7.38. The molecule has 0 aliphatic carbocycles. The van der Waals surface area contributed by atoms with Crippen molar-refractivity contribution >= 4 is 21.8 Å². The summed E-state index contributed by atoms with van der Waals surface area (Å²) < 4.78 is 1.10. The van der Waals surface area contributed by atoms with Crippen LogP contribution in [-0.4, -0.2) is 17.8 Å². The second-order valence-electron chi connectivity index (χ2n) is 4.91. The monoisotopic (exact) mass is 331 g/mol. The van der Waals surface area contributed by atoms with Gasteiger partial charge in [-0.2, -0.15) is 0 Å². The normalized spacial score (nSPS) is 10.8. The highest BCUT2D eigenvalue weighted by Crippen LogP contribution is 2.13. The van der Waals surface area contributed by atoms with Gasteiger partial charge in [0.2, 0.25) is 0 Å². The van der Waals surface area contributed by atoms with Gasteiger partial charge in [0.15, 0.2) is 0 Å². The minimum atomic E-state index is 0.111. The molecule has 0 saturated carbocycles. The lowest BCUT2D eigenvalue weighted by Gasteiger charge is -2.17. The molecule has 0 aromatic heterocycles. The fourth-order valence-corrected chi connectivity index (χ4v) is 2.32. The highest BCUT2D eigenvalue weighted by Gasteiger charge is 2.03. The quantitative estimate of drug-likeness (QED) is 0.652. The number of nitrogens with one attached hydrogen (secondary N) is 1. The molecule has 3 N–H and O–H groups in total. The Labute approximate surface area is 128 Å². The van der Waals surface area contributed by atoms with Crippen molar-refractivity contribution in [2.45, 2.75) is 13.1 Å². The van der Waals surface area contributed by atoms with Crippen LogP contribution in [0.5, 0.6) is 0 Å². The summed E-state index contributed by atoms with van der Waals surface area (Å²) >= 11 is 3.44. The molecule has 104 valence electrons. The van der Waals surface area contributed by atoms with Crippen molar-refractivity contribution in [3.05, 3.63) is 69.7 Å². The highest BCUT2D eigenvalue weighted by molar-refractivity contribution is 9.10. The Morgan fingerprint density at radius 1 is 1.00 bits per heavy atom. The zero-order valence-electron chi connectivity index (χ0n) is 11.4. The van der Waals surface area contributed by atoms with E-state index in [1.54, 1.807) is 0 Å². The number of nitrogens with two attached hydrogens (primary N) is 1. The molecule has 2 rings (SSSR count). The van der Waals surface area contributed by atoms with E-state index in [-0.39, 0.29) is 5.84 Å². The van der Waals surface area contributed by atoms with Crippen molar-refractivity contribution in [3.8, 4) is 0 Å². The summed E-state index contributed by atoms with van der Waals surface area (Å²) in [5.41, 5.74) is 8.72. The Morgan fingerprint density at radius 2 is 1.45 bits per heavy atom. The Balaban J connectivity index is 1.95. The van der Waals surface area contributed by atoms with Gasteiger partial charge in [0.25, 0.3) is 0 Å². The van der Waals surface area contributed by atoms with E-state index in [9.17, 15) is 0 Å². The molecule has 2 aromatic carbocycles. The molecule has 0 amide bonds. The van der Waals surface area contributed by atoms with Crippen LogP contribution in [0.3, 0.4) is 0 Å². The molecule has 0 aliphatic rings. The SMILES string of the molecule is CN(Cc1ccc(Br)cc1)Cc1ccc(C(=N)N)cc1. The van der Waals surface area contributed by atoms with Crippen LogP contribution in [0.25, 0.3) is 0 Å². The molecular weight excluding hydrogens is 314 g/mol. The maximum absolute atomic E-state index is 7.38. The second kappa shape index (κ2) is 6.68. The number of hydrogen-bond acceptors (Lipinski definition) is 2. The first-order valence-corrected chi connectivity index (χ1v) is 7.20. The first-order valence-electron chi connectivity index (χ1n) is 6.41. The molecule has 0 spiro atoms. The highest BCUT2D eigenvalue weighted by atomic mass is 79.9. The van der Waals surface area contributed by atoms with Crippen molar-refractivity contribution in [3.63, 3.8) is 0 Å². The van der Waals surface area contributed by atoms with Crippen molar-refractivity contribution in [2.75, 3.05) is 7.05 Å². The van der Waals surface area contributed by atoms with Crippen molar-refractivity contribution in [2.24, 2.45) is 5.73 Å². The lowest BCUT2D eigenvalue weighted by Crippen LogP contribution is -2.17. The maximum Gasteiger partial charge on any atom is 0.122 e. The first kappa shape index (κ1) is 14.8. The number of benzene rings is 2. The summed E-state index contributed by atoms with van der Waals surface area (Å²) in [6.07, 6.45) is 0. The van der Waals surface area contributed by atoms with Crippen LogP contribution in [0, 0.1) is 5.41 Å². The van der Waals surface area contributed by atoms with Crippen LogP contribution in [-0.2, 0) is 13.1 Å². The van der Waals surface area contributed by atoms with Gasteiger partial charge in [0, 0.05) is 23.1 Å². The average molecular weight is 332 g/mol. The molecule has 0 bridgehead atoms. The molecule has 0 radical (unpaired) electrons. The summed E-state index contributed by atoms with van der Waals surface area (Å²) in [7, 11) is 2.10. The van der Waals surface area contributed by atoms with Crippen LogP contribution in [0.1, 0.15) is 16.7 Å². The Morgan fingerprint density at radius 3 is 1.90 bits per heavy atom. The topological polar surface area (TPSA) is 53.1 Å². The van der Waals surface area contributed by atoms with Gasteiger partial charge in [-0.05, 0) is 30.3 Å². The standard InChI is InChI=1S/C16H18BrN3/c1-20(11-13-4-8-15(17)9-5-13)10-12-2-6-14(7-3-12)16(18)19/h2-9H,10-11H2,1H3,(H3,18,19). The summed E-state index contributed by atoms with van der Waals surface area (Å²) in [6.45, 7) is 1.77. The van der Waals surface area contributed by atoms with Crippen LogP contribution >= 0.6 is 15.9 Å². The smallest absolute Gasteiger partial charge is 0.122 e. The second-order valence-corrected chi connectivity index (χ2v) is 5.83. The molecular formula is C16H18BrN3. The van der Waals surface area contributed by atoms with E-state index in [1.165, 1.54) is 11.1 Å². The van der Waals surface area contributed by atoms with E-state index in [0.29, 0.717) is 0 Å². The van der Waals surface area contributed by atoms with Gasteiger partial charge in [-0.25, -0.2) is 0 Å².